The van der Waals surface area contributed by atoms with Crippen LogP contribution in [-0.4, -0.2) is 114 Å². The van der Waals surface area contributed by atoms with Crippen LogP contribution in [-0.2, 0) is 39.3 Å². The van der Waals surface area contributed by atoms with Crippen molar-refractivity contribution in [2.24, 2.45) is 35.5 Å². The number of fused-ring (bicyclic) bond motifs is 15. The molecule has 20 bridgehead atoms. The van der Waals surface area contributed by atoms with Crippen molar-refractivity contribution in [1.29, 1.82) is 0 Å². The largest absolute Gasteiger partial charge is 0.483 e. The summed E-state index contributed by atoms with van der Waals surface area (Å²) in [6.45, 7) is 3.04. The van der Waals surface area contributed by atoms with Gasteiger partial charge in [0, 0.05) is 136 Å². The van der Waals surface area contributed by atoms with E-state index in [-0.39, 0.29) is 53.5 Å². The third kappa shape index (κ3) is 22.4. The van der Waals surface area contributed by atoms with Crippen molar-refractivity contribution in [2.75, 3.05) is 32.1 Å². The highest BCUT2D eigenvalue weighted by Gasteiger charge is 2.50. The Labute approximate surface area is 775 Å². The van der Waals surface area contributed by atoms with Gasteiger partial charge in [0.25, 0.3) is 12.2 Å². The maximum Gasteiger partial charge on any atom is 0.355 e. The molecule has 14 unspecified atom stereocenters. The molecular weight excluding hydrogens is 1750 g/mol. The van der Waals surface area contributed by atoms with Gasteiger partial charge in [-0.25, -0.2) is 14.8 Å². The van der Waals surface area contributed by atoms with E-state index in [2.05, 4.69) is 136 Å². The molecule has 20 aliphatic rings. The van der Waals surface area contributed by atoms with Gasteiger partial charge in [0.1, 0.15) is 17.2 Å². The summed E-state index contributed by atoms with van der Waals surface area (Å²) in [6.07, 6.45) is 46.9. The molecule has 18 aliphatic carbocycles. The molecule has 1 fully saturated rings. The number of benzene rings is 4. The number of H-pyrrole nitrogens is 3. The lowest BCUT2D eigenvalue weighted by atomic mass is 9.69. The third-order valence-electron chi connectivity index (χ3n) is 25.6. The SMILES string of the molecule is C1=CC2CCC1C1=C2c2cc3[nH]c(cc4[nH]c(cc5nc(cc1n2)C1=C5C2C=CC1CC2)c1c4C2C=CC1CC2)c1c3C2C=CC1CC2.CC(=O)OCC[N+](=O)[O-].CCOC(=O)c1[nH]cc2c1C1C=CC2CC1.O=S.O=S.O=[N+]([O-])/C=C/Oc1ccccc1.O=[N+]([O-])/C=C/Sc1ccccc1.O=[N+]([O-])C1C2C=CC(CC2)C1Oc1ccccc1.O=[N+]([O-])CCSc1ccccc1. The Morgan fingerprint density at radius 3 is 1.28 bits per heavy atom. The molecule has 8 aromatic rings. The second kappa shape index (κ2) is 44.5. The van der Waals surface area contributed by atoms with Crippen molar-refractivity contribution in [3.8, 4) is 11.5 Å². The minimum absolute atomic E-state index is 0.0266. The number of aromatic nitrogens is 5. The molecule has 0 radical (unpaired) electrons. The quantitative estimate of drug-likeness (QED) is 0.0179. The van der Waals surface area contributed by atoms with Crippen molar-refractivity contribution in [3.63, 3.8) is 0 Å². The molecule has 28 rings (SSSR count). The van der Waals surface area contributed by atoms with Gasteiger partial charge in [-0.1, -0.05) is 157 Å². The number of nitrogens with one attached hydrogen (secondary N) is 3. The second-order valence-electron chi connectivity index (χ2n) is 33.3. The number of para-hydroxylation sites is 2. The van der Waals surface area contributed by atoms with E-state index < -0.39 is 26.8 Å². The van der Waals surface area contributed by atoms with Gasteiger partial charge in [-0.05, 0) is 212 Å². The Morgan fingerprint density at radius 1 is 0.458 bits per heavy atom. The molecule has 0 spiro atoms. The van der Waals surface area contributed by atoms with Crippen molar-refractivity contribution in [3.05, 3.63) is 361 Å². The highest BCUT2D eigenvalue weighted by Crippen LogP contribution is 2.57. The maximum atomic E-state index is 11.8. The van der Waals surface area contributed by atoms with E-state index in [9.17, 15) is 60.2 Å². The first kappa shape index (κ1) is 94.1. The van der Waals surface area contributed by atoms with Crippen molar-refractivity contribution >= 4 is 105 Å². The average Bonchev–Trinajstić information content (AvgIpc) is 1.56. The molecule has 131 heavy (non-hydrogen) atoms. The first-order valence-corrected chi connectivity index (χ1v) is 46.4. The zero-order chi connectivity index (χ0) is 92.2. The van der Waals surface area contributed by atoms with Gasteiger partial charge in [0.05, 0.1) is 45.0 Å². The van der Waals surface area contributed by atoms with Crippen LogP contribution in [0.5, 0.6) is 11.5 Å². The van der Waals surface area contributed by atoms with Crippen LogP contribution < -0.4 is 9.47 Å². The summed E-state index contributed by atoms with van der Waals surface area (Å²) in [5.74, 6) is 5.97. The first-order valence-electron chi connectivity index (χ1n) is 43.9. The molecule has 4 aromatic heterocycles. The number of esters is 2. The van der Waals surface area contributed by atoms with Crippen LogP contribution >= 0.6 is 23.5 Å². The topological polar surface area (TPSA) is 394 Å². The predicted molar refractivity (Wildman–Crippen MR) is 506 cm³/mol. The zero-order valence-electron chi connectivity index (χ0n) is 71.9. The van der Waals surface area contributed by atoms with Gasteiger partial charge in [-0.2, -0.15) is 8.42 Å². The van der Waals surface area contributed by atoms with Crippen molar-refractivity contribution in [2.45, 2.75) is 148 Å². The lowest BCUT2D eigenvalue weighted by Gasteiger charge is -2.39. The van der Waals surface area contributed by atoms with Crippen molar-refractivity contribution in [1.82, 2.24) is 24.9 Å². The van der Waals surface area contributed by atoms with Gasteiger partial charge in [0.2, 0.25) is 19.3 Å². The summed E-state index contributed by atoms with van der Waals surface area (Å²) < 4.78 is 35.8. The van der Waals surface area contributed by atoms with E-state index in [4.69, 9.17) is 32.6 Å². The van der Waals surface area contributed by atoms with Crippen LogP contribution in [0, 0.1) is 86.1 Å². The fraction of sp³-hybridized carbons (Fsp3) is 0.333. The summed E-state index contributed by atoms with van der Waals surface area (Å²) >= 11 is 8.50. The van der Waals surface area contributed by atoms with E-state index in [0.717, 1.165) is 64.9 Å². The Hall–Kier alpha value is -13.0. The Balaban J connectivity index is 0.000000138. The minimum Gasteiger partial charge on any atom is -0.483 e. The fourth-order valence-corrected chi connectivity index (χ4v) is 21.6. The van der Waals surface area contributed by atoms with Crippen LogP contribution in [0.2, 0.25) is 0 Å². The third-order valence-corrected chi connectivity index (χ3v) is 27.4. The van der Waals surface area contributed by atoms with E-state index in [0.29, 0.717) is 83.0 Å². The Kier molecular flexibility index (Phi) is 32.0. The van der Waals surface area contributed by atoms with E-state index >= 15 is 0 Å². The molecule has 2 aliphatic heterocycles. The number of thioether (sulfide) groups is 2. The van der Waals surface area contributed by atoms with Crippen LogP contribution in [0.4, 0.5) is 0 Å². The number of hydrogen-bond acceptors (Lipinski definition) is 24. The van der Waals surface area contributed by atoms with Gasteiger partial charge in [0.15, 0.2) is 44.0 Å². The second-order valence-corrected chi connectivity index (χ2v) is 35.4. The molecule has 1 saturated carbocycles. The van der Waals surface area contributed by atoms with E-state index in [1.807, 2.05) is 116 Å². The Bertz CT molecular complexity index is 5810. The number of ether oxygens (including phenoxy) is 4. The molecule has 14 atom stereocenters. The predicted octanol–water partition coefficient (Wildman–Crippen LogP) is 21.3. The van der Waals surface area contributed by atoms with Crippen LogP contribution in [0.3, 0.4) is 0 Å². The number of rotatable bonds is 18. The number of nitro groups is 5. The lowest BCUT2D eigenvalue weighted by Crippen LogP contribution is -2.52. The number of hydrogen-bond donors (Lipinski definition) is 3. The first-order chi connectivity index (χ1) is 63.8. The smallest absolute Gasteiger partial charge is 0.355 e. The molecule has 0 amide bonds. The number of aromatic amines is 3. The molecule has 3 N–H and O–H groups in total. The van der Waals surface area contributed by atoms with Gasteiger partial charge in [-0.3, -0.25) is 55.4 Å². The molecule has 28 nitrogen and oxygen atoms in total. The molecular formula is C99H98N10O18S4. The van der Waals surface area contributed by atoms with E-state index in [1.54, 1.807) is 24.3 Å². The molecule has 676 valence electrons. The lowest BCUT2D eigenvalue weighted by molar-refractivity contribution is -0.545. The molecule has 0 saturated heterocycles. The number of carbonyl (C=O) groups is 2. The number of carbonyl (C=O) groups excluding carboxylic acids is 2. The Morgan fingerprint density at radius 2 is 0.863 bits per heavy atom. The number of allylic oxidation sites excluding steroid dienone is 14. The normalized spacial score (nSPS) is 23.4. The summed E-state index contributed by atoms with van der Waals surface area (Å²) in [5.41, 5.74) is 25.0. The summed E-state index contributed by atoms with van der Waals surface area (Å²) in [7, 11) is 0. The summed E-state index contributed by atoms with van der Waals surface area (Å²) in [5, 5.41) is 52.0. The molecule has 4 aromatic carbocycles. The molecule has 6 heterocycles. The van der Waals surface area contributed by atoms with Crippen LogP contribution in [0.15, 0.2) is 259 Å². The average molecular weight is 1840 g/mol. The monoisotopic (exact) mass is 1840 g/mol. The van der Waals surface area contributed by atoms with Crippen molar-refractivity contribution < 1.29 is 61.6 Å². The van der Waals surface area contributed by atoms with Gasteiger partial charge in [-0.15, -0.1) is 11.8 Å². The maximum absolute atomic E-state index is 11.8. The van der Waals surface area contributed by atoms with Crippen LogP contribution in [0.25, 0.3) is 44.4 Å². The van der Waals surface area contributed by atoms with E-state index in [1.165, 1.54) is 183 Å². The summed E-state index contributed by atoms with van der Waals surface area (Å²) in [4.78, 5) is 94.6. The highest BCUT2D eigenvalue weighted by atomic mass is 32.2. The zero-order valence-corrected chi connectivity index (χ0v) is 75.2. The van der Waals surface area contributed by atoms with Crippen LogP contribution in [0.1, 0.15) is 193 Å². The summed E-state index contributed by atoms with van der Waals surface area (Å²) in [6, 6.07) is 46.5. The standard InChI is InChI=1S/C44H38N4.C14H15NO3.C13H15NO2.C8H7NO3.C8H9NO2S.C8H7NO2S.C4H7NO4.2OS/c1-2-22-4-3-21(1)37-29-17-31-39-23-5-7-25(8-6-23)41(39)33(46-31)19-35-43-27-13-15-28(16-14-27)44(43)36(48-35)20-34-42-26-11-9-24(10-12-26)40(42)32(47-34)18-30(45-29)38(22)37;16-15(17)13-10-6-8-11(9-7-10)14(13)18-12-4-2-1-3-5-12;1-2-16-13(15)12-11-9-5-3-8(4-6-9)10(11)7-14-12;3*10-9(11)6-7-12-8-4-2-1-3-5-8;1-4(6)9-3-2-5(7)8;2*1-2/h1-2,5,7,9,11,13,15,17-28,45-46H,3-4,6,8,10,12,14,16H2;1-6,8,10-11,13-14H,7,9H2;3,5,7-9,14H,2,4,6H2,1H3;1-7H;1-5H,6-7H2;1-7H;2-3H2,1H3;;/b;;;7-6+;;7-6+;;;. The number of nitrogens with zero attached hydrogens (tertiary/aromatic N) is 7. The van der Waals surface area contributed by atoms with Gasteiger partial charge < -0.3 is 33.9 Å². The van der Waals surface area contributed by atoms with Gasteiger partial charge >= 0.3 is 11.9 Å². The molecule has 32 heteroatoms. The fourth-order valence-electron chi connectivity index (χ4n) is 20.2. The minimum atomic E-state index is -0.603. The highest BCUT2D eigenvalue weighted by molar-refractivity contribution is 8.02.